The monoisotopic (exact) mass is 302 g/mol. The molecule has 0 spiro atoms. The highest BCUT2D eigenvalue weighted by Crippen LogP contribution is 2.20. The molecule has 0 unspecified atom stereocenters. The molecule has 118 valence electrons. The summed E-state index contributed by atoms with van der Waals surface area (Å²) in [7, 11) is 0. The lowest BCUT2D eigenvalue weighted by atomic mass is 9.90. The first kappa shape index (κ1) is 16.2. The Hall–Kier alpha value is -2.14. The lowest BCUT2D eigenvalue weighted by molar-refractivity contribution is -0.121. The van der Waals surface area contributed by atoms with Crippen LogP contribution in [0.5, 0.6) is 0 Å². The van der Waals surface area contributed by atoms with Gasteiger partial charge in [0, 0.05) is 24.8 Å². The molecule has 0 bridgehead atoms. The summed E-state index contributed by atoms with van der Waals surface area (Å²) < 4.78 is 5.27. The second-order valence-electron chi connectivity index (χ2n) is 6.14. The third kappa shape index (κ3) is 4.70. The number of aliphatic hydroxyl groups is 1. The number of amides is 1. The van der Waals surface area contributed by atoms with Crippen LogP contribution in [-0.2, 0) is 11.2 Å². The van der Waals surface area contributed by atoms with E-state index in [2.05, 4.69) is 10.5 Å². The maximum atomic E-state index is 12.0. The molecule has 2 N–H and O–H groups in total. The molecule has 0 saturated heterocycles. The average Bonchev–Trinajstić information content (AvgIpc) is 2.95. The molecule has 0 aliphatic carbocycles. The zero-order valence-corrected chi connectivity index (χ0v) is 13.0. The third-order valence-electron chi connectivity index (χ3n) is 3.51. The van der Waals surface area contributed by atoms with Crippen molar-refractivity contribution >= 4 is 5.91 Å². The van der Waals surface area contributed by atoms with Gasteiger partial charge in [-0.25, -0.2) is 0 Å². The predicted octanol–water partition coefficient (Wildman–Crippen LogP) is 2.41. The number of aromatic nitrogens is 1. The van der Waals surface area contributed by atoms with E-state index in [0.717, 1.165) is 5.56 Å². The van der Waals surface area contributed by atoms with Crippen LogP contribution in [0.3, 0.4) is 0 Å². The van der Waals surface area contributed by atoms with Crippen LogP contribution in [0, 0.1) is 5.41 Å². The molecule has 0 aliphatic rings. The topological polar surface area (TPSA) is 75.4 Å². The highest BCUT2D eigenvalue weighted by Gasteiger charge is 2.18. The summed E-state index contributed by atoms with van der Waals surface area (Å²) in [6, 6.07) is 11.4. The van der Waals surface area contributed by atoms with Crippen molar-refractivity contribution in [2.45, 2.75) is 26.7 Å². The highest BCUT2D eigenvalue weighted by atomic mass is 16.5. The summed E-state index contributed by atoms with van der Waals surface area (Å²) in [5.74, 6) is 0.558. The molecule has 0 atom stereocenters. The van der Waals surface area contributed by atoms with Crippen molar-refractivity contribution < 1.29 is 14.4 Å². The minimum Gasteiger partial charge on any atom is -0.396 e. The molecule has 2 aromatic rings. The smallest absolute Gasteiger partial charge is 0.226 e. The van der Waals surface area contributed by atoms with Gasteiger partial charge >= 0.3 is 0 Å². The lowest BCUT2D eigenvalue weighted by Crippen LogP contribution is -2.35. The van der Waals surface area contributed by atoms with Gasteiger partial charge in [0.25, 0.3) is 0 Å². The normalized spacial score (nSPS) is 11.4. The molecule has 22 heavy (non-hydrogen) atoms. The van der Waals surface area contributed by atoms with E-state index in [1.165, 1.54) is 0 Å². The van der Waals surface area contributed by atoms with Crippen molar-refractivity contribution in [1.29, 1.82) is 0 Å². The van der Waals surface area contributed by atoms with Crippen molar-refractivity contribution in [3.8, 4) is 11.3 Å². The third-order valence-corrected chi connectivity index (χ3v) is 3.51. The van der Waals surface area contributed by atoms with Crippen molar-refractivity contribution in [2.75, 3.05) is 13.2 Å². The minimum absolute atomic E-state index is 0.0982. The van der Waals surface area contributed by atoms with E-state index in [1.807, 2.05) is 44.2 Å². The van der Waals surface area contributed by atoms with Crippen LogP contribution in [0.2, 0.25) is 0 Å². The quantitative estimate of drug-likeness (QED) is 0.823. The number of carbonyl (C=O) groups is 1. The van der Waals surface area contributed by atoms with Crippen LogP contribution in [0.1, 0.15) is 26.0 Å². The van der Waals surface area contributed by atoms with Gasteiger partial charge in [-0.2, -0.15) is 0 Å². The van der Waals surface area contributed by atoms with Gasteiger partial charge in [0.05, 0.1) is 12.1 Å². The number of nitrogens with zero attached hydrogens (tertiary/aromatic N) is 1. The number of aliphatic hydroxyl groups excluding tert-OH is 1. The SMILES string of the molecule is CC(C)(CCO)CNC(=O)Cc1cc(-c2ccccc2)on1. The fraction of sp³-hybridized carbons (Fsp3) is 0.412. The van der Waals surface area contributed by atoms with Crippen molar-refractivity contribution in [3.63, 3.8) is 0 Å². The number of benzene rings is 1. The summed E-state index contributed by atoms with van der Waals surface area (Å²) in [6.45, 7) is 4.66. The summed E-state index contributed by atoms with van der Waals surface area (Å²) in [5.41, 5.74) is 1.42. The van der Waals surface area contributed by atoms with Gasteiger partial charge in [-0.1, -0.05) is 49.3 Å². The largest absolute Gasteiger partial charge is 0.396 e. The van der Waals surface area contributed by atoms with E-state index in [0.29, 0.717) is 24.4 Å². The Kier molecular flexibility index (Phi) is 5.33. The minimum atomic E-state index is -0.122. The van der Waals surface area contributed by atoms with Gasteiger partial charge in [-0.15, -0.1) is 0 Å². The Morgan fingerprint density at radius 3 is 2.73 bits per heavy atom. The van der Waals surface area contributed by atoms with Crippen LogP contribution in [0.15, 0.2) is 40.9 Å². The van der Waals surface area contributed by atoms with Gasteiger partial charge in [-0.3, -0.25) is 4.79 Å². The van der Waals surface area contributed by atoms with E-state index in [-0.39, 0.29) is 24.3 Å². The number of carbonyl (C=O) groups excluding carboxylic acids is 1. The summed E-state index contributed by atoms with van der Waals surface area (Å²) in [5, 5.41) is 15.8. The first-order valence-electron chi connectivity index (χ1n) is 7.39. The first-order valence-corrected chi connectivity index (χ1v) is 7.39. The van der Waals surface area contributed by atoms with Gasteiger partial charge < -0.3 is 14.9 Å². The molecule has 1 heterocycles. The molecule has 2 rings (SSSR count). The Morgan fingerprint density at radius 1 is 1.32 bits per heavy atom. The van der Waals surface area contributed by atoms with E-state index in [4.69, 9.17) is 9.63 Å². The maximum Gasteiger partial charge on any atom is 0.226 e. The molecule has 1 aromatic carbocycles. The summed E-state index contributed by atoms with van der Waals surface area (Å²) in [4.78, 5) is 12.0. The molecular weight excluding hydrogens is 280 g/mol. The Morgan fingerprint density at radius 2 is 2.05 bits per heavy atom. The van der Waals surface area contributed by atoms with Crippen LogP contribution in [0.4, 0.5) is 0 Å². The van der Waals surface area contributed by atoms with Crippen molar-refractivity contribution in [1.82, 2.24) is 10.5 Å². The predicted molar refractivity (Wildman–Crippen MR) is 84.1 cm³/mol. The van der Waals surface area contributed by atoms with Gasteiger partial charge in [0.1, 0.15) is 0 Å². The second kappa shape index (κ2) is 7.22. The Balaban J connectivity index is 1.89. The average molecular weight is 302 g/mol. The van der Waals surface area contributed by atoms with Crippen LogP contribution in [0.25, 0.3) is 11.3 Å². The number of hydrogen-bond donors (Lipinski definition) is 2. The molecule has 5 nitrogen and oxygen atoms in total. The Bertz CT molecular complexity index is 605. The second-order valence-corrected chi connectivity index (χ2v) is 6.14. The fourth-order valence-corrected chi connectivity index (χ4v) is 2.09. The Labute approximate surface area is 130 Å². The molecule has 0 aliphatic heterocycles. The van der Waals surface area contributed by atoms with E-state index >= 15 is 0 Å². The van der Waals surface area contributed by atoms with Crippen molar-refractivity contribution in [3.05, 3.63) is 42.1 Å². The van der Waals surface area contributed by atoms with Crippen LogP contribution < -0.4 is 5.32 Å². The molecule has 0 saturated carbocycles. The van der Waals surface area contributed by atoms with Gasteiger partial charge in [0.2, 0.25) is 5.91 Å². The standard InChI is InChI=1S/C17H22N2O3/c1-17(2,8-9-20)12-18-16(21)11-14-10-15(22-19-14)13-6-4-3-5-7-13/h3-7,10,20H,8-9,11-12H2,1-2H3,(H,18,21). The molecule has 0 radical (unpaired) electrons. The van der Waals surface area contributed by atoms with E-state index in [9.17, 15) is 4.79 Å². The van der Waals surface area contributed by atoms with Gasteiger partial charge in [-0.05, 0) is 11.8 Å². The summed E-state index contributed by atoms with van der Waals surface area (Å²) in [6.07, 6.45) is 0.834. The van der Waals surface area contributed by atoms with Crippen LogP contribution in [-0.4, -0.2) is 29.3 Å². The van der Waals surface area contributed by atoms with Crippen molar-refractivity contribution in [2.24, 2.45) is 5.41 Å². The first-order chi connectivity index (χ1) is 10.5. The number of hydrogen-bond acceptors (Lipinski definition) is 4. The van der Waals surface area contributed by atoms with E-state index in [1.54, 1.807) is 6.07 Å². The molecule has 1 aromatic heterocycles. The van der Waals surface area contributed by atoms with Crippen LogP contribution >= 0.6 is 0 Å². The fourth-order valence-electron chi connectivity index (χ4n) is 2.09. The molecule has 5 heteroatoms. The lowest BCUT2D eigenvalue weighted by Gasteiger charge is -2.23. The highest BCUT2D eigenvalue weighted by molar-refractivity contribution is 5.78. The van der Waals surface area contributed by atoms with Gasteiger partial charge in [0.15, 0.2) is 5.76 Å². The zero-order chi connectivity index (χ0) is 16.0. The number of rotatable bonds is 7. The number of nitrogens with one attached hydrogen (secondary N) is 1. The van der Waals surface area contributed by atoms with E-state index < -0.39 is 0 Å². The molecule has 1 amide bonds. The maximum absolute atomic E-state index is 12.0. The molecule has 0 fully saturated rings. The summed E-state index contributed by atoms with van der Waals surface area (Å²) >= 11 is 0. The zero-order valence-electron chi connectivity index (χ0n) is 13.0. The molecular formula is C17H22N2O3.